The number of rotatable bonds is 5. The summed E-state index contributed by atoms with van der Waals surface area (Å²) in [5, 5.41) is 2.91. The van der Waals surface area contributed by atoms with Gasteiger partial charge in [0.2, 0.25) is 15.9 Å². The second-order valence-corrected chi connectivity index (χ2v) is 7.47. The predicted molar refractivity (Wildman–Crippen MR) is 82.3 cm³/mol. The quantitative estimate of drug-likeness (QED) is 0.883. The maximum absolute atomic E-state index is 12.1. The molecule has 5 nitrogen and oxygen atoms in total. The fourth-order valence-corrected chi connectivity index (χ4v) is 3.49. The molecular weight excluding hydrogens is 288 g/mol. The number of hydrogen-bond acceptors (Lipinski definition) is 3. The summed E-state index contributed by atoms with van der Waals surface area (Å²) in [4.78, 5) is 12.1. The van der Waals surface area contributed by atoms with Crippen LogP contribution in [0.2, 0.25) is 0 Å². The molecule has 21 heavy (non-hydrogen) atoms. The topological polar surface area (TPSA) is 66.5 Å². The molecule has 1 aliphatic heterocycles. The molecule has 2 rings (SSSR count). The van der Waals surface area contributed by atoms with E-state index in [1.807, 2.05) is 30.3 Å². The van der Waals surface area contributed by atoms with E-state index in [4.69, 9.17) is 0 Å². The molecule has 0 radical (unpaired) electrons. The molecule has 0 spiro atoms. The minimum absolute atomic E-state index is 0.0423. The lowest BCUT2D eigenvalue weighted by atomic mass is 9.99. The Morgan fingerprint density at radius 3 is 2.71 bits per heavy atom. The fourth-order valence-electron chi connectivity index (χ4n) is 2.58. The van der Waals surface area contributed by atoms with E-state index in [0.29, 0.717) is 19.6 Å². The molecule has 1 N–H and O–H groups in total. The summed E-state index contributed by atoms with van der Waals surface area (Å²) in [7, 11) is -3.20. The summed E-state index contributed by atoms with van der Waals surface area (Å²) < 4.78 is 24.5. The van der Waals surface area contributed by atoms with Crippen molar-refractivity contribution in [3.05, 3.63) is 35.9 Å². The molecular formula is C15H22N2O3S. The van der Waals surface area contributed by atoms with E-state index >= 15 is 0 Å². The highest BCUT2D eigenvalue weighted by Gasteiger charge is 2.29. The molecule has 0 aromatic heterocycles. The maximum atomic E-state index is 12.1. The zero-order valence-corrected chi connectivity index (χ0v) is 13.1. The standard InChI is InChI=1S/C15H22N2O3S/c1-21(19,20)17-11-5-8-14(12-17)15(18)16-10-9-13-6-3-2-4-7-13/h2-4,6-7,14H,5,8-12H2,1H3,(H,16,18)/t14-/m1/s1. The highest BCUT2D eigenvalue weighted by Crippen LogP contribution is 2.18. The lowest BCUT2D eigenvalue weighted by Crippen LogP contribution is -2.45. The number of carbonyl (C=O) groups is 1. The smallest absolute Gasteiger partial charge is 0.224 e. The summed E-state index contributed by atoms with van der Waals surface area (Å²) in [5.41, 5.74) is 1.18. The minimum atomic E-state index is -3.20. The van der Waals surface area contributed by atoms with Crippen LogP contribution >= 0.6 is 0 Å². The molecule has 1 aromatic rings. The summed E-state index contributed by atoms with van der Waals surface area (Å²) >= 11 is 0. The SMILES string of the molecule is CS(=O)(=O)N1CCC[C@@H](C(=O)NCCc2ccccc2)C1. The van der Waals surface area contributed by atoms with Crippen molar-refractivity contribution < 1.29 is 13.2 Å². The third-order valence-corrected chi connectivity index (χ3v) is 5.05. The molecule has 1 aliphatic rings. The first-order valence-electron chi connectivity index (χ1n) is 7.23. The van der Waals surface area contributed by atoms with Crippen molar-refractivity contribution in [2.75, 3.05) is 25.9 Å². The van der Waals surface area contributed by atoms with Crippen LogP contribution in [0.1, 0.15) is 18.4 Å². The number of sulfonamides is 1. The van der Waals surface area contributed by atoms with Gasteiger partial charge in [-0.05, 0) is 24.8 Å². The molecule has 1 heterocycles. The van der Waals surface area contributed by atoms with Crippen molar-refractivity contribution in [2.24, 2.45) is 5.92 Å². The first-order valence-corrected chi connectivity index (χ1v) is 9.08. The van der Waals surface area contributed by atoms with Crippen LogP contribution < -0.4 is 5.32 Å². The molecule has 0 saturated carbocycles. The molecule has 6 heteroatoms. The molecule has 1 saturated heterocycles. The molecule has 1 atom stereocenters. The molecule has 0 bridgehead atoms. The van der Waals surface area contributed by atoms with Crippen molar-refractivity contribution in [2.45, 2.75) is 19.3 Å². The van der Waals surface area contributed by atoms with E-state index in [1.54, 1.807) is 0 Å². The van der Waals surface area contributed by atoms with Gasteiger partial charge in [0, 0.05) is 19.6 Å². The number of hydrogen-bond donors (Lipinski definition) is 1. The largest absolute Gasteiger partial charge is 0.355 e. The maximum Gasteiger partial charge on any atom is 0.224 e. The number of nitrogens with one attached hydrogen (secondary N) is 1. The average molecular weight is 310 g/mol. The Morgan fingerprint density at radius 2 is 2.05 bits per heavy atom. The van der Waals surface area contributed by atoms with Crippen molar-refractivity contribution in [1.29, 1.82) is 0 Å². The Bertz CT molecular complexity index is 572. The van der Waals surface area contributed by atoms with E-state index in [-0.39, 0.29) is 11.8 Å². The van der Waals surface area contributed by atoms with Gasteiger partial charge < -0.3 is 5.32 Å². The molecule has 1 fully saturated rings. The highest BCUT2D eigenvalue weighted by molar-refractivity contribution is 7.88. The monoisotopic (exact) mass is 310 g/mol. The molecule has 0 aliphatic carbocycles. The van der Waals surface area contributed by atoms with Crippen molar-refractivity contribution in [3.8, 4) is 0 Å². The van der Waals surface area contributed by atoms with E-state index in [0.717, 1.165) is 19.3 Å². The lowest BCUT2D eigenvalue weighted by molar-refractivity contribution is -0.126. The summed E-state index contributed by atoms with van der Waals surface area (Å²) in [5.74, 6) is -0.275. The van der Waals surface area contributed by atoms with Gasteiger partial charge in [-0.3, -0.25) is 4.79 Å². The van der Waals surface area contributed by atoms with E-state index in [2.05, 4.69) is 5.32 Å². The van der Waals surface area contributed by atoms with Gasteiger partial charge >= 0.3 is 0 Å². The van der Waals surface area contributed by atoms with Crippen LogP contribution in [-0.2, 0) is 21.2 Å². The second kappa shape index (κ2) is 7.04. The van der Waals surface area contributed by atoms with Crippen LogP contribution in [0.5, 0.6) is 0 Å². The number of piperidine rings is 1. The number of benzene rings is 1. The molecule has 1 amide bonds. The van der Waals surface area contributed by atoms with Gasteiger partial charge in [0.25, 0.3) is 0 Å². The number of nitrogens with zero attached hydrogens (tertiary/aromatic N) is 1. The number of amides is 1. The zero-order chi connectivity index (χ0) is 15.3. The Morgan fingerprint density at radius 1 is 1.33 bits per heavy atom. The van der Waals surface area contributed by atoms with Crippen molar-refractivity contribution >= 4 is 15.9 Å². The Labute approximate surface area is 126 Å². The highest BCUT2D eigenvalue weighted by atomic mass is 32.2. The van der Waals surface area contributed by atoms with Crippen LogP contribution in [0.3, 0.4) is 0 Å². The first-order chi connectivity index (χ1) is 9.97. The van der Waals surface area contributed by atoms with Gasteiger partial charge in [0.1, 0.15) is 0 Å². The second-order valence-electron chi connectivity index (χ2n) is 5.49. The summed E-state index contributed by atoms with van der Waals surface area (Å²) in [6.07, 6.45) is 3.48. The van der Waals surface area contributed by atoms with Gasteiger partial charge in [-0.1, -0.05) is 30.3 Å². The Hall–Kier alpha value is -1.40. The van der Waals surface area contributed by atoms with Crippen LogP contribution in [0.15, 0.2) is 30.3 Å². The Balaban J connectivity index is 1.80. The van der Waals surface area contributed by atoms with Crippen molar-refractivity contribution in [3.63, 3.8) is 0 Å². The van der Waals surface area contributed by atoms with E-state index in [1.165, 1.54) is 16.1 Å². The zero-order valence-electron chi connectivity index (χ0n) is 12.3. The van der Waals surface area contributed by atoms with Gasteiger partial charge in [0.15, 0.2) is 0 Å². The molecule has 0 unspecified atom stereocenters. The minimum Gasteiger partial charge on any atom is -0.355 e. The fraction of sp³-hybridized carbons (Fsp3) is 0.533. The average Bonchev–Trinajstić information content (AvgIpc) is 2.47. The van der Waals surface area contributed by atoms with Crippen LogP contribution in [-0.4, -0.2) is 44.5 Å². The first kappa shape index (κ1) is 16.0. The Kier molecular flexibility index (Phi) is 5.36. The van der Waals surface area contributed by atoms with Gasteiger partial charge in [-0.25, -0.2) is 12.7 Å². The van der Waals surface area contributed by atoms with Crippen LogP contribution in [0, 0.1) is 5.92 Å². The van der Waals surface area contributed by atoms with Gasteiger partial charge in [-0.15, -0.1) is 0 Å². The number of carbonyl (C=O) groups excluding carboxylic acids is 1. The normalized spacial score (nSPS) is 20.1. The predicted octanol–water partition coefficient (Wildman–Crippen LogP) is 1.02. The molecule has 1 aromatic carbocycles. The third kappa shape index (κ3) is 4.82. The van der Waals surface area contributed by atoms with Crippen molar-refractivity contribution in [1.82, 2.24) is 9.62 Å². The lowest BCUT2D eigenvalue weighted by Gasteiger charge is -2.30. The summed E-state index contributed by atoms with van der Waals surface area (Å²) in [6.45, 7) is 1.40. The van der Waals surface area contributed by atoms with Gasteiger partial charge in [-0.2, -0.15) is 0 Å². The van der Waals surface area contributed by atoms with E-state index < -0.39 is 10.0 Å². The summed E-state index contributed by atoms with van der Waals surface area (Å²) in [6, 6.07) is 9.96. The van der Waals surface area contributed by atoms with Crippen LogP contribution in [0.4, 0.5) is 0 Å². The third-order valence-electron chi connectivity index (χ3n) is 3.78. The van der Waals surface area contributed by atoms with Crippen LogP contribution in [0.25, 0.3) is 0 Å². The molecule has 116 valence electrons. The van der Waals surface area contributed by atoms with Gasteiger partial charge in [0.05, 0.1) is 12.2 Å². The van der Waals surface area contributed by atoms with E-state index in [9.17, 15) is 13.2 Å².